The Morgan fingerprint density at radius 1 is 0.919 bits per heavy atom. The van der Waals surface area contributed by atoms with Gasteiger partial charge in [0.1, 0.15) is 17.1 Å². The number of halogens is 5. The molecule has 0 aliphatic heterocycles. The minimum absolute atomic E-state index is 0.245. The molecule has 0 unspecified atom stereocenters. The number of hydrogen-bond acceptors (Lipinski definition) is 5. The fourth-order valence-corrected chi connectivity index (χ4v) is 2.81. The van der Waals surface area contributed by atoms with Crippen LogP contribution in [0.2, 0.25) is 0 Å². The molecule has 4 N–H and O–H groups in total. The molecule has 4 aromatic rings. The van der Waals surface area contributed by atoms with E-state index in [1.54, 1.807) is 24.3 Å². The van der Waals surface area contributed by atoms with Gasteiger partial charge in [0.2, 0.25) is 0 Å². The Kier molecular flexibility index (Phi) is 9.86. The molecule has 37 heavy (non-hydrogen) atoms. The SMILES string of the molecule is Cn1cc(C(=O)O)c(C(F)F)n1.Nc1ccccc1-c1ccccc1F.O=C(O)c1cnn(C(F)F)c1. The lowest BCUT2D eigenvalue weighted by molar-refractivity contribution is 0.0562. The normalized spacial score (nSPS) is 10.4. The molecule has 0 fully saturated rings. The van der Waals surface area contributed by atoms with E-state index in [0.717, 1.165) is 28.8 Å². The van der Waals surface area contributed by atoms with E-state index in [-0.39, 0.29) is 16.1 Å². The Hall–Kier alpha value is -4.75. The van der Waals surface area contributed by atoms with Crippen LogP contribution >= 0.6 is 0 Å². The van der Waals surface area contributed by atoms with E-state index in [4.69, 9.17) is 15.9 Å². The van der Waals surface area contributed by atoms with Crippen molar-refractivity contribution in [1.82, 2.24) is 19.6 Å². The number of carbonyl (C=O) groups is 2. The lowest BCUT2D eigenvalue weighted by Gasteiger charge is -2.05. The van der Waals surface area contributed by atoms with E-state index in [9.17, 15) is 31.5 Å². The van der Waals surface area contributed by atoms with Crippen LogP contribution in [0, 0.1) is 5.82 Å². The fraction of sp³-hybridized carbons (Fsp3) is 0.130. The van der Waals surface area contributed by atoms with Gasteiger partial charge in [-0.1, -0.05) is 36.4 Å². The molecule has 2 aromatic heterocycles. The summed E-state index contributed by atoms with van der Waals surface area (Å²) in [7, 11) is 1.39. The summed E-state index contributed by atoms with van der Waals surface area (Å²) < 4.78 is 62.4. The average Bonchev–Trinajstić information content (AvgIpc) is 3.49. The third-order valence-electron chi connectivity index (χ3n) is 4.47. The van der Waals surface area contributed by atoms with Crippen LogP contribution in [0.15, 0.2) is 67.1 Å². The van der Waals surface area contributed by atoms with E-state index in [1.807, 2.05) is 18.2 Å². The van der Waals surface area contributed by atoms with Crippen LogP contribution in [0.3, 0.4) is 0 Å². The number of nitrogens with zero attached hydrogens (tertiary/aromatic N) is 4. The fourth-order valence-electron chi connectivity index (χ4n) is 2.81. The van der Waals surface area contributed by atoms with Gasteiger partial charge in [-0.05, 0) is 12.1 Å². The number of para-hydroxylation sites is 1. The van der Waals surface area contributed by atoms with Crippen molar-refractivity contribution >= 4 is 17.6 Å². The summed E-state index contributed by atoms with van der Waals surface area (Å²) in [5, 5.41) is 23.2. The van der Waals surface area contributed by atoms with E-state index < -0.39 is 36.2 Å². The van der Waals surface area contributed by atoms with Crippen molar-refractivity contribution in [3.8, 4) is 11.1 Å². The van der Waals surface area contributed by atoms with Gasteiger partial charge in [-0.2, -0.15) is 19.0 Å². The first kappa shape index (κ1) is 28.5. The third kappa shape index (κ3) is 7.88. The molecular formula is C23H20F5N5O4. The van der Waals surface area contributed by atoms with Crippen LogP contribution in [-0.2, 0) is 7.05 Å². The second-order valence-corrected chi connectivity index (χ2v) is 7.07. The molecule has 9 nitrogen and oxygen atoms in total. The van der Waals surface area contributed by atoms with Crippen molar-refractivity contribution in [2.75, 3.05) is 5.73 Å². The predicted molar refractivity (Wildman–Crippen MR) is 122 cm³/mol. The minimum Gasteiger partial charge on any atom is -0.478 e. The second kappa shape index (κ2) is 12.8. The van der Waals surface area contributed by atoms with Crippen molar-refractivity contribution in [3.05, 3.63) is 89.8 Å². The van der Waals surface area contributed by atoms with Gasteiger partial charge < -0.3 is 15.9 Å². The van der Waals surface area contributed by atoms with Crippen molar-refractivity contribution < 1.29 is 41.8 Å². The summed E-state index contributed by atoms with van der Waals surface area (Å²) in [6, 6.07) is 13.9. The molecule has 0 aliphatic carbocycles. The van der Waals surface area contributed by atoms with Crippen LogP contribution < -0.4 is 5.73 Å². The van der Waals surface area contributed by atoms with Gasteiger partial charge in [-0.3, -0.25) is 4.68 Å². The van der Waals surface area contributed by atoms with Gasteiger partial charge in [-0.15, -0.1) is 0 Å². The molecule has 2 heterocycles. The van der Waals surface area contributed by atoms with Crippen molar-refractivity contribution in [1.29, 1.82) is 0 Å². The van der Waals surface area contributed by atoms with Crippen molar-refractivity contribution in [3.63, 3.8) is 0 Å². The number of carboxylic acids is 2. The lowest BCUT2D eigenvalue weighted by atomic mass is 10.0. The first-order valence-corrected chi connectivity index (χ1v) is 10.1. The van der Waals surface area contributed by atoms with Crippen LogP contribution in [0.25, 0.3) is 11.1 Å². The van der Waals surface area contributed by atoms with Crippen LogP contribution in [0.5, 0.6) is 0 Å². The molecule has 0 radical (unpaired) electrons. The molecule has 0 amide bonds. The number of carboxylic acid groups (broad SMARTS) is 2. The largest absolute Gasteiger partial charge is 0.478 e. The summed E-state index contributed by atoms with van der Waals surface area (Å²) in [5.74, 6) is -2.90. The van der Waals surface area contributed by atoms with Crippen LogP contribution in [0.1, 0.15) is 39.4 Å². The summed E-state index contributed by atoms with van der Waals surface area (Å²) in [4.78, 5) is 20.5. The Labute approximate surface area is 206 Å². The Bertz CT molecular complexity index is 1310. The summed E-state index contributed by atoms with van der Waals surface area (Å²) in [6.45, 7) is -2.79. The molecule has 0 spiro atoms. The molecule has 4 rings (SSSR count). The van der Waals surface area contributed by atoms with Gasteiger partial charge in [-0.25, -0.2) is 27.4 Å². The van der Waals surface area contributed by atoms with Gasteiger partial charge in [0.15, 0.2) is 0 Å². The van der Waals surface area contributed by atoms with Gasteiger partial charge in [0.25, 0.3) is 6.43 Å². The number of aryl methyl sites for hydroxylation is 1. The number of alkyl halides is 4. The minimum atomic E-state index is -2.85. The number of rotatable bonds is 5. The van der Waals surface area contributed by atoms with Crippen LogP contribution in [-0.4, -0.2) is 41.7 Å². The summed E-state index contributed by atoms with van der Waals surface area (Å²) >= 11 is 0. The second-order valence-electron chi connectivity index (χ2n) is 7.07. The maximum Gasteiger partial charge on any atom is 0.339 e. The van der Waals surface area contributed by atoms with E-state index in [2.05, 4.69) is 10.2 Å². The maximum atomic E-state index is 13.4. The first-order chi connectivity index (χ1) is 17.4. The number of hydrogen-bond donors (Lipinski definition) is 3. The van der Waals surface area contributed by atoms with Gasteiger partial charge in [0, 0.05) is 36.3 Å². The highest BCUT2D eigenvalue weighted by atomic mass is 19.3. The number of nitrogens with two attached hydrogens (primary N) is 1. The monoisotopic (exact) mass is 525 g/mol. The highest BCUT2D eigenvalue weighted by molar-refractivity contribution is 5.88. The number of aromatic carboxylic acids is 2. The Morgan fingerprint density at radius 2 is 1.51 bits per heavy atom. The average molecular weight is 525 g/mol. The molecule has 0 bridgehead atoms. The maximum absolute atomic E-state index is 13.4. The van der Waals surface area contributed by atoms with Gasteiger partial charge in [0.05, 0.1) is 11.8 Å². The molecule has 14 heteroatoms. The zero-order valence-electron chi connectivity index (χ0n) is 19.0. The van der Waals surface area contributed by atoms with Gasteiger partial charge >= 0.3 is 18.5 Å². The number of aromatic nitrogens is 4. The molecule has 0 saturated carbocycles. The smallest absolute Gasteiger partial charge is 0.339 e. The molecule has 196 valence electrons. The Morgan fingerprint density at radius 3 is 1.95 bits per heavy atom. The summed E-state index contributed by atoms with van der Waals surface area (Å²) in [5.41, 5.74) is 6.25. The quantitative estimate of drug-likeness (QED) is 0.243. The van der Waals surface area contributed by atoms with Crippen molar-refractivity contribution in [2.45, 2.75) is 13.0 Å². The van der Waals surface area contributed by atoms with E-state index in [0.29, 0.717) is 11.3 Å². The van der Waals surface area contributed by atoms with E-state index in [1.165, 1.54) is 13.1 Å². The van der Waals surface area contributed by atoms with Crippen LogP contribution in [0.4, 0.5) is 27.6 Å². The summed E-state index contributed by atoms with van der Waals surface area (Å²) in [6.07, 6.45) is -0.164. The molecule has 0 atom stereocenters. The first-order valence-electron chi connectivity index (χ1n) is 10.1. The third-order valence-corrected chi connectivity index (χ3v) is 4.47. The standard InChI is InChI=1S/C12H10FN.C6H6F2N2O2.C5H4F2N2O2/c13-11-7-3-1-5-9(11)10-6-2-4-8-12(10)14;1-10-2-3(6(11)12)4(9-10)5(7)8;6-5(7)9-2-3(1-8-9)4(10)11/h1-8H,14H2;2,5H,1H3,(H,11,12);1-2,5H,(H,10,11). The molecule has 0 saturated heterocycles. The molecular weight excluding hydrogens is 505 g/mol. The number of nitrogen functional groups attached to an aromatic ring is 1. The highest BCUT2D eigenvalue weighted by Gasteiger charge is 2.21. The zero-order valence-corrected chi connectivity index (χ0v) is 19.0. The van der Waals surface area contributed by atoms with E-state index >= 15 is 0 Å². The zero-order chi connectivity index (χ0) is 27.7. The molecule has 0 aliphatic rings. The topological polar surface area (TPSA) is 136 Å². The number of benzene rings is 2. The number of anilines is 1. The highest BCUT2D eigenvalue weighted by Crippen LogP contribution is 2.27. The van der Waals surface area contributed by atoms with Crippen molar-refractivity contribution in [2.24, 2.45) is 7.05 Å². The predicted octanol–water partition coefficient (Wildman–Crippen LogP) is 5.11. The Balaban J connectivity index is 0.000000197. The lowest BCUT2D eigenvalue weighted by Crippen LogP contribution is -1.99. The molecule has 2 aromatic carbocycles.